The van der Waals surface area contributed by atoms with E-state index in [2.05, 4.69) is 9.47 Å². The molecule has 0 aromatic carbocycles. The van der Waals surface area contributed by atoms with Crippen LogP contribution in [0.25, 0.3) is 0 Å². The van der Waals surface area contributed by atoms with Crippen LogP contribution in [0, 0.1) is 0 Å². The maximum atomic E-state index is 10.6. The van der Waals surface area contributed by atoms with Crippen LogP contribution in [0.5, 0.6) is 0 Å². The van der Waals surface area contributed by atoms with E-state index in [0.29, 0.717) is 0 Å². The minimum absolute atomic E-state index is 0. The molecule has 0 rings (SSSR count). The zero-order valence-corrected chi connectivity index (χ0v) is 6.75. The summed E-state index contributed by atoms with van der Waals surface area (Å²) in [4.78, 5) is 21.2. The number of hydrogen-bond acceptors (Lipinski definition) is 4. The predicted molar refractivity (Wildman–Crippen MR) is 47.8 cm³/mol. The van der Waals surface area contributed by atoms with Gasteiger partial charge >= 0.3 is 37.8 Å². The number of esters is 2. The van der Waals surface area contributed by atoms with Gasteiger partial charge in [-0.25, -0.2) is 0 Å². The molecule has 0 radical (unpaired) electrons. The van der Waals surface area contributed by atoms with E-state index >= 15 is 0 Å². The summed E-state index contributed by atoms with van der Waals surface area (Å²) in [6.45, 7) is 3.95. The van der Waals surface area contributed by atoms with Crippen LogP contribution in [-0.2, 0) is 19.1 Å². The molecule has 0 aliphatic heterocycles. The summed E-state index contributed by atoms with van der Waals surface area (Å²) >= 11 is 0. The molecule has 0 bridgehead atoms. The third kappa shape index (κ3) is 7.91. The van der Waals surface area contributed by atoms with Gasteiger partial charge < -0.3 is 9.47 Å². The molecule has 0 spiro atoms. The van der Waals surface area contributed by atoms with Crippen molar-refractivity contribution < 1.29 is 19.1 Å². The molecule has 0 saturated carbocycles. The Morgan fingerprint density at radius 1 is 1.00 bits per heavy atom. The summed E-state index contributed by atoms with van der Waals surface area (Å²) in [5, 5.41) is 0. The number of carbonyl (C=O) groups excluding carboxylic acids is 2. The second kappa shape index (κ2) is 8.90. The summed E-state index contributed by atoms with van der Waals surface area (Å²) in [5.41, 5.74) is 0. The van der Waals surface area contributed by atoms with Crippen molar-refractivity contribution in [2.24, 2.45) is 0 Å². The number of carbonyl (C=O) groups is 2. The number of rotatable bonds is 4. The number of hydrogen-bond donors (Lipinski definition) is 0. The van der Waals surface area contributed by atoms with Gasteiger partial charge in [0.05, 0.1) is 13.2 Å². The van der Waals surface area contributed by atoms with Crippen LogP contribution in [0.4, 0.5) is 0 Å². The molecular formula is C7H15InO4. The summed E-state index contributed by atoms with van der Waals surface area (Å²) in [6, 6.07) is 0. The summed E-state index contributed by atoms with van der Waals surface area (Å²) in [6.07, 6.45) is -0.290. The molecule has 70 valence electrons. The molecule has 0 aromatic rings. The van der Waals surface area contributed by atoms with Gasteiger partial charge in [0.25, 0.3) is 0 Å². The van der Waals surface area contributed by atoms with Gasteiger partial charge in [-0.05, 0) is 13.8 Å². The van der Waals surface area contributed by atoms with Gasteiger partial charge in [0.1, 0.15) is 6.42 Å². The Hall–Kier alpha value is -0.190. The Balaban J connectivity index is 0. The Labute approximate surface area is 90.4 Å². The standard InChI is InChI=1S/C7H12O4.In.3H/c1-3-10-6(8)5-7(9)11-4-2;;;;/h3-5H2,1-2H3;;;;. The molecule has 0 aliphatic rings. The van der Waals surface area contributed by atoms with Gasteiger partial charge in [-0.1, -0.05) is 0 Å². The van der Waals surface area contributed by atoms with Crippen molar-refractivity contribution in [3.05, 3.63) is 0 Å². The van der Waals surface area contributed by atoms with E-state index < -0.39 is 11.9 Å². The molecule has 0 atom stereocenters. The first-order valence-electron chi connectivity index (χ1n) is 3.52. The predicted octanol–water partition coefficient (Wildman–Crippen LogP) is -0.681. The van der Waals surface area contributed by atoms with Crippen LogP contribution in [0.15, 0.2) is 0 Å². The van der Waals surface area contributed by atoms with Crippen LogP contribution in [0.3, 0.4) is 0 Å². The van der Waals surface area contributed by atoms with Crippen LogP contribution < -0.4 is 0 Å². The molecule has 0 heterocycles. The topological polar surface area (TPSA) is 52.6 Å². The van der Waals surface area contributed by atoms with E-state index in [1.807, 2.05) is 0 Å². The van der Waals surface area contributed by atoms with Gasteiger partial charge in [-0.3, -0.25) is 9.59 Å². The summed E-state index contributed by atoms with van der Waals surface area (Å²) in [5.74, 6) is -1.07. The second-order valence-corrected chi connectivity index (χ2v) is 1.79. The van der Waals surface area contributed by atoms with Crippen LogP contribution in [-0.4, -0.2) is 51.0 Å². The Morgan fingerprint density at radius 2 is 1.33 bits per heavy atom. The van der Waals surface area contributed by atoms with Crippen molar-refractivity contribution >= 4 is 37.8 Å². The van der Waals surface area contributed by atoms with Crippen molar-refractivity contribution in [3.63, 3.8) is 0 Å². The van der Waals surface area contributed by atoms with Gasteiger partial charge in [0.15, 0.2) is 0 Å². The zero-order chi connectivity index (χ0) is 8.69. The van der Waals surface area contributed by atoms with Crippen molar-refractivity contribution in [1.82, 2.24) is 0 Å². The Morgan fingerprint density at radius 3 is 1.58 bits per heavy atom. The molecule has 4 nitrogen and oxygen atoms in total. The Kier molecular flexibility index (Phi) is 10.6. The third-order valence-electron chi connectivity index (χ3n) is 0.899. The van der Waals surface area contributed by atoms with Crippen molar-refractivity contribution in [2.75, 3.05) is 13.2 Å². The van der Waals surface area contributed by atoms with E-state index in [0.717, 1.165) is 0 Å². The SMILES string of the molecule is CCOC(=O)CC(=O)OCC.[InH3]. The first-order valence-corrected chi connectivity index (χ1v) is 3.52. The minimum atomic E-state index is -0.536. The fraction of sp³-hybridized carbons (Fsp3) is 0.714. The van der Waals surface area contributed by atoms with E-state index in [9.17, 15) is 9.59 Å². The molecule has 0 aliphatic carbocycles. The van der Waals surface area contributed by atoms with Gasteiger partial charge in [0, 0.05) is 0 Å². The first-order chi connectivity index (χ1) is 5.20. The fourth-order valence-electron chi connectivity index (χ4n) is 0.542. The van der Waals surface area contributed by atoms with E-state index in [1.54, 1.807) is 13.8 Å². The molecule has 0 amide bonds. The first kappa shape index (κ1) is 14.3. The molecule has 5 heteroatoms. The van der Waals surface area contributed by atoms with E-state index in [1.165, 1.54) is 0 Å². The summed E-state index contributed by atoms with van der Waals surface area (Å²) < 4.78 is 9.04. The molecule has 0 aromatic heterocycles. The quantitative estimate of drug-likeness (QED) is 0.505. The second-order valence-electron chi connectivity index (χ2n) is 1.79. The van der Waals surface area contributed by atoms with Crippen LogP contribution >= 0.6 is 0 Å². The van der Waals surface area contributed by atoms with Crippen LogP contribution in [0.2, 0.25) is 0 Å². The molecular weight excluding hydrogens is 263 g/mol. The van der Waals surface area contributed by atoms with Gasteiger partial charge in [-0.2, -0.15) is 0 Å². The van der Waals surface area contributed by atoms with Gasteiger partial charge in [0.2, 0.25) is 0 Å². The van der Waals surface area contributed by atoms with Crippen molar-refractivity contribution in [2.45, 2.75) is 20.3 Å². The third-order valence-corrected chi connectivity index (χ3v) is 0.899. The summed E-state index contributed by atoms with van der Waals surface area (Å²) in [7, 11) is 0. The van der Waals surface area contributed by atoms with E-state index in [4.69, 9.17) is 0 Å². The molecule has 0 saturated heterocycles. The molecule has 12 heavy (non-hydrogen) atoms. The molecule has 0 N–H and O–H groups in total. The monoisotopic (exact) mass is 278 g/mol. The molecule has 0 unspecified atom stereocenters. The van der Waals surface area contributed by atoms with Crippen molar-refractivity contribution in [3.8, 4) is 0 Å². The molecule has 0 fully saturated rings. The zero-order valence-electron chi connectivity index (χ0n) is 6.75. The maximum absolute atomic E-state index is 10.6. The average molecular weight is 278 g/mol. The normalized spacial score (nSPS) is 8.17. The van der Waals surface area contributed by atoms with Crippen LogP contribution in [0.1, 0.15) is 20.3 Å². The fourth-order valence-corrected chi connectivity index (χ4v) is 0.542. The van der Waals surface area contributed by atoms with E-state index in [-0.39, 0.29) is 45.5 Å². The van der Waals surface area contributed by atoms with Crippen molar-refractivity contribution in [1.29, 1.82) is 0 Å². The number of ether oxygens (including phenoxy) is 2. The Bertz CT molecular complexity index is 130. The average Bonchev–Trinajstić information content (AvgIpc) is 1.87. The van der Waals surface area contributed by atoms with Gasteiger partial charge in [-0.15, -0.1) is 0 Å².